The number of halogens is 1. The first-order chi connectivity index (χ1) is 19.8. The SMILES string of the molecule is COc1ccc(CCN(Cc2ccco2)C(=O)CN(CCN2CCOCC2)S(=O)(=O)c2ccc(F)cc2)cc1OC. The van der Waals surface area contributed by atoms with Gasteiger partial charge in [-0.1, -0.05) is 6.07 Å². The van der Waals surface area contributed by atoms with E-state index in [2.05, 4.69) is 4.90 Å². The van der Waals surface area contributed by atoms with Gasteiger partial charge in [0.2, 0.25) is 15.9 Å². The maximum absolute atomic E-state index is 13.7. The summed E-state index contributed by atoms with van der Waals surface area (Å²) in [5.41, 5.74) is 0.919. The van der Waals surface area contributed by atoms with Crippen LogP contribution in [0.5, 0.6) is 11.5 Å². The highest BCUT2D eigenvalue weighted by Crippen LogP contribution is 2.28. The zero-order valence-corrected chi connectivity index (χ0v) is 24.1. The molecule has 1 aromatic heterocycles. The Kier molecular flexibility index (Phi) is 10.7. The molecule has 2 aromatic carbocycles. The number of amides is 1. The molecule has 0 spiro atoms. The number of sulfonamides is 1. The lowest BCUT2D eigenvalue weighted by molar-refractivity contribution is -0.132. The van der Waals surface area contributed by atoms with Crippen molar-refractivity contribution in [1.82, 2.24) is 14.1 Å². The van der Waals surface area contributed by atoms with Gasteiger partial charge in [-0.3, -0.25) is 9.69 Å². The molecule has 41 heavy (non-hydrogen) atoms. The number of nitrogens with zero attached hydrogens (tertiary/aromatic N) is 3. The molecule has 0 N–H and O–H groups in total. The number of carbonyl (C=O) groups is 1. The largest absolute Gasteiger partial charge is 0.493 e. The number of benzene rings is 2. The summed E-state index contributed by atoms with van der Waals surface area (Å²) in [7, 11) is -0.967. The monoisotopic (exact) mass is 589 g/mol. The minimum atomic E-state index is -4.09. The maximum Gasteiger partial charge on any atom is 0.243 e. The first-order valence-electron chi connectivity index (χ1n) is 13.4. The highest BCUT2D eigenvalue weighted by atomic mass is 32.2. The van der Waals surface area contributed by atoms with E-state index in [1.54, 1.807) is 37.3 Å². The van der Waals surface area contributed by atoms with Crippen molar-refractivity contribution in [2.45, 2.75) is 17.9 Å². The minimum absolute atomic E-state index is 0.0726. The summed E-state index contributed by atoms with van der Waals surface area (Å²) in [6, 6.07) is 13.7. The summed E-state index contributed by atoms with van der Waals surface area (Å²) in [5, 5.41) is 0. The summed E-state index contributed by atoms with van der Waals surface area (Å²) in [6.07, 6.45) is 2.02. The number of ether oxygens (including phenoxy) is 3. The van der Waals surface area contributed by atoms with Crippen LogP contribution in [0.1, 0.15) is 11.3 Å². The Bertz CT molecular complexity index is 1360. The van der Waals surface area contributed by atoms with Gasteiger partial charge in [-0.05, 0) is 60.5 Å². The summed E-state index contributed by atoms with van der Waals surface area (Å²) in [5.74, 6) is 0.830. The Balaban J connectivity index is 1.54. The number of carbonyl (C=O) groups excluding carboxylic acids is 1. The third kappa shape index (κ3) is 8.29. The average molecular weight is 590 g/mol. The molecule has 1 aliphatic heterocycles. The van der Waals surface area contributed by atoms with Gasteiger partial charge in [0.25, 0.3) is 0 Å². The quantitative estimate of drug-likeness (QED) is 0.283. The first-order valence-corrected chi connectivity index (χ1v) is 14.8. The number of methoxy groups -OCH3 is 2. The van der Waals surface area contributed by atoms with E-state index in [0.29, 0.717) is 63.1 Å². The van der Waals surface area contributed by atoms with Gasteiger partial charge in [0, 0.05) is 32.7 Å². The predicted octanol–water partition coefficient (Wildman–Crippen LogP) is 3.03. The number of hydrogen-bond donors (Lipinski definition) is 0. The van der Waals surface area contributed by atoms with Gasteiger partial charge in [0.05, 0.1) is 51.7 Å². The molecule has 3 aromatic rings. The molecule has 0 atom stereocenters. The van der Waals surface area contributed by atoms with E-state index in [-0.39, 0.29) is 30.4 Å². The molecular weight excluding hydrogens is 553 g/mol. The molecule has 0 radical (unpaired) electrons. The number of furan rings is 1. The molecule has 1 amide bonds. The molecule has 1 aliphatic rings. The van der Waals surface area contributed by atoms with Crippen LogP contribution >= 0.6 is 0 Å². The molecule has 1 fully saturated rings. The Morgan fingerprint density at radius 2 is 1.73 bits per heavy atom. The molecule has 0 unspecified atom stereocenters. The van der Waals surface area contributed by atoms with Crippen LogP contribution in [-0.2, 0) is 32.5 Å². The fourth-order valence-electron chi connectivity index (χ4n) is 4.55. The standard InChI is InChI=1S/C29H36FN3O7S/c1-37-27-10-5-23(20-28(27)38-2)11-12-32(21-25-4-3-17-40-25)29(34)22-33(14-13-31-15-18-39-19-16-31)41(35,36)26-8-6-24(30)7-9-26/h3-10,17,20H,11-16,18-19,21-22H2,1-2H3. The maximum atomic E-state index is 13.7. The highest BCUT2D eigenvalue weighted by Gasteiger charge is 2.29. The second-order valence-corrected chi connectivity index (χ2v) is 11.5. The van der Waals surface area contributed by atoms with Crippen LogP contribution in [0.3, 0.4) is 0 Å². The second-order valence-electron chi connectivity index (χ2n) is 9.58. The van der Waals surface area contributed by atoms with Gasteiger partial charge in [0.15, 0.2) is 11.5 Å². The van der Waals surface area contributed by atoms with Gasteiger partial charge in [0.1, 0.15) is 11.6 Å². The van der Waals surface area contributed by atoms with Crippen LogP contribution in [0.4, 0.5) is 4.39 Å². The predicted molar refractivity (Wildman–Crippen MR) is 150 cm³/mol. The van der Waals surface area contributed by atoms with E-state index >= 15 is 0 Å². The van der Waals surface area contributed by atoms with E-state index < -0.39 is 15.8 Å². The van der Waals surface area contributed by atoms with Crippen molar-refractivity contribution in [3.63, 3.8) is 0 Å². The third-order valence-electron chi connectivity index (χ3n) is 6.93. The lowest BCUT2D eigenvalue weighted by atomic mass is 10.1. The smallest absolute Gasteiger partial charge is 0.243 e. The Labute approximate surface area is 240 Å². The van der Waals surface area contributed by atoms with Crippen molar-refractivity contribution in [2.24, 2.45) is 0 Å². The summed E-state index contributed by atoms with van der Waals surface area (Å²) >= 11 is 0. The normalized spacial score (nSPS) is 14.2. The highest BCUT2D eigenvalue weighted by molar-refractivity contribution is 7.89. The molecule has 0 saturated carbocycles. The van der Waals surface area contributed by atoms with Crippen molar-refractivity contribution >= 4 is 15.9 Å². The average Bonchev–Trinajstić information content (AvgIpc) is 3.51. The molecule has 1 saturated heterocycles. The van der Waals surface area contributed by atoms with Crippen LogP contribution in [0.15, 0.2) is 70.2 Å². The number of rotatable bonds is 14. The van der Waals surface area contributed by atoms with Crippen molar-refractivity contribution in [2.75, 3.05) is 66.7 Å². The van der Waals surface area contributed by atoms with E-state index in [1.807, 2.05) is 12.1 Å². The number of morpholine rings is 1. The van der Waals surface area contributed by atoms with Crippen molar-refractivity contribution in [1.29, 1.82) is 0 Å². The zero-order valence-electron chi connectivity index (χ0n) is 23.3. The molecule has 12 heteroatoms. The van der Waals surface area contributed by atoms with Crippen molar-refractivity contribution < 1.29 is 36.2 Å². The van der Waals surface area contributed by atoms with Crippen LogP contribution < -0.4 is 9.47 Å². The number of hydrogen-bond acceptors (Lipinski definition) is 8. The minimum Gasteiger partial charge on any atom is -0.493 e. The topological polar surface area (TPSA) is 102 Å². The van der Waals surface area contributed by atoms with Crippen molar-refractivity contribution in [3.05, 3.63) is 78.0 Å². The van der Waals surface area contributed by atoms with Gasteiger partial charge in [-0.25, -0.2) is 12.8 Å². The lowest BCUT2D eigenvalue weighted by Crippen LogP contribution is -2.47. The molecule has 222 valence electrons. The summed E-state index contributed by atoms with van der Waals surface area (Å²) < 4.78 is 63.6. The Morgan fingerprint density at radius 3 is 2.39 bits per heavy atom. The van der Waals surface area contributed by atoms with Gasteiger partial charge in [-0.15, -0.1) is 0 Å². The summed E-state index contributed by atoms with van der Waals surface area (Å²) in [6.45, 7) is 3.11. The molecule has 10 nitrogen and oxygen atoms in total. The van der Waals surface area contributed by atoms with Crippen molar-refractivity contribution in [3.8, 4) is 11.5 Å². The first kappa shape index (κ1) is 30.5. The molecule has 0 aliphatic carbocycles. The fraction of sp³-hybridized carbons (Fsp3) is 0.414. The van der Waals surface area contributed by atoms with E-state index in [9.17, 15) is 17.6 Å². The molecule has 0 bridgehead atoms. The van der Waals surface area contributed by atoms with Crippen LogP contribution in [0.25, 0.3) is 0 Å². The van der Waals surface area contributed by atoms with E-state index in [1.165, 1.54) is 22.7 Å². The molecule has 2 heterocycles. The van der Waals surface area contributed by atoms with E-state index in [4.69, 9.17) is 18.6 Å². The summed E-state index contributed by atoms with van der Waals surface area (Å²) in [4.78, 5) is 17.4. The second kappa shape index (κ2) is 14.4. The molecular formula is C29H36FN3O7S. The van der Waals surface area contributed by atoms with Crippen LogP contribution in [-0.4, -0.2) is 95.1 Å². The Morgan fingerprint density at radius 1 is 1.00 bits per heavy atom. The fourth-order valence-corrected chi connectivity index (χ4v) is 5.93. The lowest BCUT2D eigenvalue weighted by Gasteiger charge is -2.31. The van der Waals surface area contributed by atoms with Crippen LogP contribution in [0.2, 0.25) is 0 Å². The third-order valence-corrected chi connectivity index (χ3v) is 8.79. The van der Waals surface area contributed by atoms with E-state index in [0.717, 1.165) is 17.7 Å². The molecule has 4 rings (SSSR count). The Hall–Kier alpha value is -3.45. The van der Waals surface area contributed by atoms with Gasteiger partial charge in [-0.2, -0.15) is 4.31 Å². The van der Waals surface area contributed by atoms with Crippen LogP contribution in [0, 0.1) is 5.82 Å². The van der Waals surface area contributed by atoms with Gasteiger partial charge >= 0.3 is 0 Å². The van der Waals surface area contributed by atoms with Gasteiger partial charge < -0.3 is 23.5 Å². The zero-order chi connectivity index (χ0) is 29.2.